The molecule has 0 radical (unpaired) electrons. The number of hydrogen-bond acceptors (Lipinski definition) is 3. The number of benzene rings is 1. The van der Waals surface area contributed by atoms with Crippen molar-refractivity contribution in [3.05, 3.63) is 51.6 Å². The van der Waals surface area contributed by atoms with Crippen LogP contribution >= 0.6 is 0 Å². The van der Waals surface area contributed by atoms with Crippen LogP contribution in [0, 0.1) is 10.1 Å². The summed E-state index contributed by atoms with van der Waals surface area (Å²) < 4.78 is 0. The van der Waals surface area contributed by atoms with Gasteiger partial charge < -0.3 is 5.11 Å². The first-order valence-corrected chi connectivity index (χ1v) is 4.62. The van der Waals surface area contributed by atoms with E-state index in [1.807, 2.05) is 30.3 Å². The van der Waals surface area contributed by atoms with Gasteiger partial charge in [0.05, 0.1) is 0 Å². The van der Waals surface area contributed by atoms with Gasteiger partial charge >= 0.3 is 0 Å². The molecule has 0 saturated heterocycles. The van der Waals surface area contributed by atoms with Crippen LogP contribution in [0.3, 0.4) is 0 Å². The molecular formula is C11H13NO3. The Morgan fingerprint density at radius 1 is 1.53 bits per heavy atom. The van der Waals surface area contributed by atoms with Crippen LogP contribution in [0.25, 0.3) is 6.08 Å². The molecule has 4 heteroatoms. The zero-order valence-corrected chi connectivity index (χ0v) is 8.46. The maximum Gasteiger partial charge on any atom is 0.233 e. The molecule has 0 fully saturated rings. The second-order valence-electron chi connectivity index (χ2n) is 3.33. The van der Waals surface area contributed by atoms with Crippen molar-refractivity contribution >= 4 is 6.08 Å². The lowest BCUT2D eigenvalue weighted by Crippen LogP contribution is -2.20. The van der Waals surface area contributed by atoms with Crippen molar-refractivity contribution < 1.29 is 10.0 Å². The Balaban J connectivity index is 2.71. The quantitative estimate of drug-likeness (QED) is 0.604. The third kappa shape index (κ3) is 3.91. The van der Waals surface area contributed by atoms with Crippen LogP contribution in [0.1, 0.15) is 12.5 Å². The van der Waals surface area contributed by atoms with Crippen molar-refractivity contribution in [1.29, 1.82) is 0 Å². The molecular weight excluding hydrogens is 194 g/mol. The van der Waals surface area contributed by atoms with Gasteiger partial charge in [0, 0.05) is 4.92 Å². The lowest BCUT2D eigenvalue weighted by atomic mass is 10.1. The first-order chi connectivity index (χ1) is 7.09. The summed E-state index contributed by atoms with van der Waals surface area (Å²) in [4.78, 5) is 9.66. The van der Waals surface area contributed by atoms with Crippen molar-refractivity contribution in [2.24, 2.45) is 0 Å². The van der Waals surface area contributed by atoms with E-state index in [0.717, 1.165) is 5.56 Å². The molecule has 0 amide bonds. The van der Waals surface area contributed by atoms with E-state index >= 15 is 0 Å². The standard InChI is InChI=1S/C11H13NO3/c1-9(11(13)8-12(14)15)7-10-5-3-2-4-6-10/h2-7,11,13H,8H2,1H3/b9-7+/t11-/m0/s1. The number of rotatable bonds is 4. The molecule has 1 atom stereocenters. The fourth-order valence-electron chi connectivity index (χ4n) is 1.19. The van der Waals surface area contributed by atoms with E-state index in [4.69, 9.17) is 0 Å². The van der Waals surface area contributed by atoms with Gasteiger partial charge in [-0.25, -0.2) is 0 Å². The zero-order chi connectivity index (χ0) is 11.3. The molecule has 0 saturated carbocycles. The molecule has 80 valence electrons. The number of aliphatic hydroxyl groups excluding tert-OH is 1. The average molecular weight is 207 g/mol. The third-order valence-corrected chi connectivity index (χ3v) is 2.04. The van der Waals surface area contributed by atoms with Crippen LogP contribution in [0.5, 0.6) is 0 Å². The molecule has 15 heavy (non-hydrogen) atoms. The van der Waals surface area contributed by atoms with Gasteiger partial charge in [-0.1, -0.05) is 36.4 Å². The Bertz CT molecular complexity index is 359. The number of hydrogen-bond donors (Lipinski definition) is 1. The largest absolute Gasteiger partial charge is 0.382 e. The number of aliphatic hydroxyl groups is 1. The van der Waals surface area contributed by atoms with Crippen molar-refractivity contribution in [2.75, 3.05) is 6.54 Å². The zero-order valence-electron chi connectivity index (χ0n) is 8.46. The number of nitro groups is 1. The highest BCUT2D eigenvalue weighted by atomic mass is 16.6. The summed E-state index contributed by atoms with van der Waals surface area (Å²) in [7, 11) is 0. The molecule has 0 bridgehead atoms. The van der Waals surface area contributed by atoms with Crippen LogP contribution < -0.4 is 0 Å². The summed E-state index contributed by atoms with van der Waals surface area (Å²) in [5, 5.41) is 19.6. The van der Waals surface area contributed by atoms with Gasteiger partial charge in [-0.2, -0.15) is 0 Å². The Morgan fingerprint density at radius 3 is 2.67 bits per heavy atom. The van der Waals surface area contributed by atoms with Crippen LogP contribution in [0.4, 0.5) is 0 Å². The first-order valence-electron chi connectivity index (χ1n) is 4.62. The molecule has 4 nitrogen and oxygen atoms in total. The molecule has 0 aliphatic heterocycles. The molecule has 1 aromatic carbocycles. The van der Waals surface area contributed by atoms with E-state index in [1.54, 1.807) is 13.0 Å². The summed E-state index contributed by atoms with van der Waals surface area (Å²) in [6, 6.07) is 9.39. The predicted octanol–water partition coefficient (Wildman–Crippen LogP) is 1.73. The average Bonchev–Trinajstić information content (AvgIpc) is 2.18. The fourth-order valence-corrected chi connectivity index (χ4v) is 1.19. The van der Waals surface area contributed by atoms with Crippen molar-refractivity contribution in [2.45, 2.75) is 13.0 Å². The Labute approximate surface area is 88.0 Å². The molecule has 0 spiro atoms. The van der Waals surface area contributed by atoms with Crippen LogP contribution in [-0.4, -0.2) is 22.7 Å². The normalized spacial score (nSPS) is 13.6. The lowest BCUT2D eigenvalue weighted by molar-refractivity contribution is -0.488. The number of nitrogens with zero attached hydrogens (tertiary/aromatic N) is 1. The second kappa shape index (κ2) is 5.26. The van der Waals surface area contributed by atoms with E-state index in [-0.39, 0.29) is 0 Å². The van der Waals surface area contributed by atoms with Crippen molar-refractivity contribution in [3.63, 3.8) is 0 Å². The summed E-state index contributed by atoms with van der Waals surface area (Å²) in [5.74, 6) is 0. The second-order valence-corrected chi connectivity index (χ2v) is 3.33. The van der Waals surface area contributed by atoms with E-state index < -0.39 is 17.6 Å². The van der Waals surface area contributed by atoms with Gasteiger partial charge in [0.25, 0.3) is 0 Å². The third-order valence-electron chi connectivity index (χ3n) is 2.04. The molecule has 0 heterocycles. The first kappa shape index (κ1) is 11.4. The predicted molar refractivity (Wildman–Crippen MR) is 58.0 cm³/mol. The van der Waals surface area contributed by atoms with Crippen LogP contribution in [0.2, 0.25) is 0 Å². The van der Waals surface area contributed by atoms with Gasteiger partial charge in [0.1, 0.15) is 6.10 Å². The maximum absolute atomic E-state index is 10.2. The van der Waals surface area contributed by atoms with Gasteiger partial charge in [0.15, 0.2) is 0 Å². The van der Waals surface area contributed by atoms with Crippen LogP contribution in [0.15, 0.2) is 35.9 Å². The monoisotopic (exact) mass is 207 g/mol. The minimum Gasteiger partial charge on any atom is -0.382 e. The Kier molecular flexibility index (Phi) is 4.00. The fraction of sp³-hybridized carbons (Fsp3) is 0.273. The molecule has 0 aliphatic rings. The highest BCUT2D eigenvalue weighted by Crippen LogP contribution is 2.09. The SMILES string of the molecule is C/C(=C\c1ccccc1)[C@@H](O)C[N+](=O)[O-]. The summed E-state index contributed by atoms with van der Waals surface area (Å²) >= 11 is 0. The van der Waals surface area contributed by atoms with Gasteiger partial charge in [-0.15, -0.1) is 0 Å². The Hall–Kier alpha value is -1.68. The van der Waals surface area contributed by atoms with E-state index in [1.165, 1.54) is 0 Å². The van der Waals surface area contributed by atoms with Crippen LogP contribution in [-0.2, 0) is 0 Å². The van der Waals surface area contributed by atoms with Gasteiger partial charge in [-0.3, -0.25) is 10.1 Å². The molecule has 1 N–H and O–H groups in total. The van der Waals surface area contributed by atoms with Gasteiger partial charge in [-0.05, 0) is 18.1 Å². The highest BCUT2D eigenvalue weighted by molar-refractivity contribution is 5.52. The molecule has 0 aromatic heterocycles. The van der Waals surface area contributed by atoms with E-state index in [9.17, 15) is 15.2 Å². The topological polar surface area (TPSA) is 63.4 Å². The summed E-state index contributed by atoms with van der Waals surface area (Å²) in [6.07, 6.45) is 0.731. The minimum absolute atomic E-state index is 0.449. The Morgan fingerprint density at radius 2 is 2.13 bits per heavy atom. The maximum atomic E-state index is 10.2. The van der Waals surface area contributed by atoms with Crippen molar-refractivity contribution in [3.8, 4) is 0 Å². The lowest BCUT2D eigenvalue weighted by Gasteiger charge is -2.06. The van der Waals surface area contributed by atoms with E-state index in [2.05, 4.69) is 0 Å². The highest BCUT2D eigenvalue weighted by Gasteiger charge is 2.12. The minimum atomic E-state index is -1.01. The van der Waals surface area contributed by atoms with E-state index in [0.29, 0.717) is 5.57 Å². The molecule has 0 unspecified atom stereocenters. The summed E-state index contributed by atoms with van der Waals surface area (Å²) in [6.45, 7) is 1.23. The summed E-state index contributed by atoms with van der Waals surface area (Å²) in [5.41, 5.74) is 1.52. The molecule has 1 aromatic rings. The smallest absolute Gasteiger partial charge is 0.233 e. The molecule has 1 rings (SSSR count). The van der Waals surface area contributed by atoms with Gasteiger partial charge in [0.2, 0.25) is 6.54 Å². The van der Waals surface area contributed by atoms with Crippen molar-refractivity contribution in [1.82, 2.24) is 0 Å². The molecule has 0 aliphatic carbocycles.